The Morgan fingerprint density at radius 3 is 2.79 bits per heavy atom. The number of aromatic nitrogens is 1. The fourth-order valence-corrected chi connectivity index (χ4v) is 3.41. The van der Waals surface area contributed by atoms with Gasteiger partial charge in [0.1, 0.15) is 11.6 Å². The number of rotatable bonds is 8. The van der Waals surface area contributed by atoms with Crippen molar-refractivity contribution in [1.82, 2.24) is 4.57 Å². The third kappa shape index (κ3) is 4.50. The molecule has 0 unspecified atom stereocenters. The molecule has 1 heterocycles. The largest absolute Gasteiger partial charge is 0.494 e. The van der Waals surface area contributed by atoms with Gasteiger partial charge >= 0.3 is 5.97 Å². The summed E-state index contributed by atoms with van der Waals surface area (Å²) >= 11 is 6.04. The number of hydrogen-bond acceptors (Lipinski definition) is 5. The molecule has 6 nitrogen and oxygen atoms in total. The molecule has 1 aliphatic carbocycles. The molecule has 0 spiro atoms. The summed E-state index contributed by atoms with van der Waals surface area (Å²) in [5.74, 6) is -1.81. The van der Waals surface area contributed by atoms with Gasteiger partial charge in [0, 0.05) is 17.2 Å². The number of carbonyl (C=O) groups excluding carboxylic acids is 1. The van der Waals surface area contributed by atoms with E-state index in [-0.39, 0.29) is 34.8 Å². The molecule has 1 aliphatic rings. The van der Waals surface area contributed by atoms with Crippen molar-refractivity contribution in [2.75, 3.05) is 13.2 Å². The maximum atomic E-state index is 14.6. The average Bonchev–Trinajstić information content (AvgIpc) is 2.96. The average molecular weight is 424 g/mol. The van der Waals surface area contributed by atoms with E-state index in [4.69, 9.17) is 21.1 Å². The minimum absolute atomic E-state index is 0.0367. The number of hydrogen-bond donors (Lipinski definition) is 2. The molecule has 0 atom stereocenters. The fourth-order valence-electron chi connectivity index (χ4n) is 3.21. The van der Waals surface area contributed by atoms with Gasteiger partial charge in [-0.2, -0.15) is 0 Å². The summed E-state index contributed by atoms with van der Waals surface area (Å²) in [5.41, 5.74) is 0.845. The standard InChI is InChI=1S/C21H23ClFNO5/c1-2-3-6-9-28-19(25)12-29-18-11-17(16(23)10-15(18)22)24-20(26)13-7-4-5-8-14(13)21(24)27/h4,7,10-11,26-27H,2-3,5-6,8-9,12H2,1H3. The van der Waals surface area contributed by atoms with Crippen LogP contribution in [0.5, 0.6) is 17.5 Å². The lowest BCUT2D eigenvalue weighted by Crippen LogP contribution is -2.16. The summed E-state index contributed by atoms with van der Waals surface area (Å²) in [5, 5.41) is 21.0. The molecule has 1 aromatic heterocycles. The molecule has 1 aromatic carbocycles. The number of allylic oxidation sites excluding steroid dienone is 1. The highest BCUT2D eigenvalue weighted by molar-refractivity contribution is 6.32. The van der Waals surface area contributed by atoms with Crippen molar-refractivity contribution in [1.29, 1.82) is 0 Å². The molecule has 0 bridgehead atoms. The second kappa shape index (κ2) is 9.22. The smallest absolute Gasteiger partial charge is 0.344 e. The third-order valence-corrected chi connectivity index (χ3v) is 5.00. The van der Waals surface area contributed by atoms with E-state index in [1.807, 2.05) is 13.0 Å². The molecule has 2 N–H and O–H groups in total. The molecule has 29 heavy (non-hydrogen) atoms. The van der Waals surface area contributed by atoms with Crippen LogP contribution in [-0.4, -0.2) is 34.0 Å². The molecule has 2 aromatic rings. The van der Waals surface area contributed by atoms with E-state index >= 15 is 0 Å². The number of nitrogens with zero attached hydrogens (tertiary/aromatic N) is 1. The number of fused-ring (bicyclic) bond motifs is 1. The van der Waals surface area contributed by atoms with E-state index in [9.17, 15) is 19.4 Å². The Kier molecular flexibility index (Phi) is 6.69. The van der Waals surface area contributed by atoms with Gasteiger partial charge in [0.2, 0.25) is 11.8 Å². The summed E-state index contributed by atoms with van der Waals surface area (Å²) in [6, 6.07) is 2.24. The summed E-state index contributed by atoms with van der Waals surface area (Å²) in [7, 11) is 0. The Morgan fingerprint density at radius 2 is 2.07 bits per heavy atom. The number of aromatic hydroxyl groups is 2. The molecule has 8 heteroatoms. The van der Waals surface area contributed by atoms with E-state index in [1.54, 1.807) is 6.08 Å². The Hall–Kier alpha value is -2.67. The Labute approximate surface area is 173 Å². The van der Waals surface area contributed by atoms with Gasteiger partial charge in [-0.3, -0.25) is 0 Å². The normalized spacial score (nSPS) is 12.7. The van der Waals surface area contributed by atoms with Crippen molar-refractivity contribution < 1.29 is 28.9 Å². The molecule has 0 fully saturated rings. The highest BCUT2D eigenvalue weighted by Gasteiger charge is 2.25. The van der Waals surface area contributed by atoms with Gasteiger partial charge in [-0.1, -0.05) is 43.5 Å². The van der Waals surface area contributed by atoms with E-state index < -0.39 is 11.8 Å². The number of unbranched alkanes of at least 4 members (excludes halogenated alkanes) is 2. The summed E-state index contributed by atoms with van der Waals surface area (Å²) in [4.78, 5) is 11.8. The fraction of sp³-hybridized carbons (Fsp3) is 0.381. The molecular weight excluding hydrogens is 401 g/mol. The van der Waals surface area contributed by atoms with Crippen LogP contribution in [0, 0.1) is 5.82 Å². The molecule has 0 aliphatic heterocycles. The van der Waals surface area contributed by atoms with Gasteiger partial charge in [0.15, 0.2) is 6.61 Å². The lowest BCUT2D eigenvalue weighted by Gasteiger charge is -2.13. The second-order valence-electron chi connectivity index (χ2n) is 6.77. The highest BCUT2D eigenvalue weighted by Crippen LogP contribution is 2.42. The predicted molar refractivity (Wildman–Crippen MR) is 107 cm³/mol. The minimum Gasteiger partial charge on any atom is -0.494 e. The molecule has 3 rings (SSSR count). The number of halogens is 2. The van der Waals surface area contributed by atoms with Crippen LogP contribution in [0.1, 0.15) is 43.7 Å². The van der Waals surface area contributed by atoms with Crippen LogP contribution in [0.4, 0.5) is 4.39 Å². The van der Waals surface area contributed by atoms with Crippen LogP contribution in [0.3, 0.4) is 0 Å². The van der Waals surface area contributed by atoms with Crippen molar-refractivity contribution >= 4 is 23.6 Å². The first-order valence-electron chi connectivity index (χ1n) is 9.53. The number of carbonyl (C=O) groups is 1. The zero-order chi connectivity index (χ0) is 21.0. The van der Waals surface area contributed by atoms with Crippen LogP contribution in [0.25, 0.3) is 11.8 Å². The third-order valence-electron chi connectivity index (χ3n) is 4.70. The quantitative estimate of drug-likeness (QED) is 0.473. The van der Waals surface area contributed by atoms with Gasteiger partial charge < -0.3 is 19.7 Å². The number of benzene rings is 1. The topological polar surface area (TPSA) is 80.9 Å². The first-order valence-corrected chi connectivity index (χ1v) is 9.91. The van der Waals surface area contributed by atoms with Crippen molar-refractivity contribution in [2.45, 2.75) is 39.0 Å². The van der Waals surface area contributed by atoms with Crippen molar-refractivity contribution in [3.05, 3.63) is 40.2 Å². The molecular formula is C21H23ClFNO5. The monoisotopic (exact) mass is 423 g/mol. The summed E-state index contributed by atoms with van der Waals surface area (Å²) in [6.07, 6.45) is 7.54. The van der Waals surface area contributed by atoms with Gasteiger partial charge in [-0.15, -0.1) is 0 Å². The van der Waals surface area contributed by atoms with Gasteiger partial charge in [0.25, 0.3) is 0 Å². The van der Waals surface area contributed by atoms with Crippen LogP contribution in [0.15, 0.2) is 18.2 Å². The summed E-state index contributed by atoms with van der Waals surface area (Å²) in [6.45, 7) is 1.97. The first kappa shape index (κ1) is 21.0. The lowest BCUT2D eigenvalue weighted by atomic mass is 10.0. The van der Waals surface area contributed by atoms with Gasteiger partial charge in [-0.05, 0) is 25.3 Å². The lowest BCUT2D eigenvalue weighted by molar-refractivity contribution is -0.146. The Balaban J connectivity index is 1.81. The van der Waals surface area contributed by atoms with E-state index in [0.717, 1.165) is 29.9 Å². The maximum Gasteiger partial charge on any atom is 0.344 e. The summed E-state index contributed by atoms with van der Waals surface area (Å²) < 4.78 is 26.0. The SMILES string of the molecule is CCCCCOC(=O)COc1cc(-n2c(O)c3c(c2O)CCC=C3)c(F)cc1Cl. The maximum absolute atomic E-state index is 14.6. The van der Waals surface area contributed by atoms with Crippen LogP contribution in [0.2, 0.25) is 5.02 Å². The van der Waals surface area contributed by atoms with E-state index in [0.29, 0.717) is 30.6 Å². The molecule has 0 amide bonds. The predicted octanol–water partition coefficient (Wildman–Crippen LogP) is 4.75. The van der Waals surface area contributed by atoms with Crippen LogP contribution >= 0.6 is 11.6 Å². The van der Waals surface area contributed by atoms with E-state index in [2.05, 4.69) is 0 Å². The Morgan fingerprint density at radius 1 is 1.28 bits per heavy atom. The molecule has 0 saturated heterocycles. The van der Waals surface area contributed by atoms with Crippen molar-refractivity contribution in [2.24, 2.45) is 0 Å². The van der Waals surface area contributed by atoms with Gasteiger partial charge in [0.05, 0.1) is 17.3 Å². The van der Waals surface area contributed by atoms with Crippen LogP contribution in [-0.2, 0) is 16.0 Å². The minimum atomic E-state index is -0.758. The van der Waals surface area contributed by atoms with Crippen molar-refractivity contribution in [3.63, 3.8) is 0 Å². The van der Waals surface area contributed by atoms with Crippen molar-refractivity contribution in [3.8, 4) is 23.2 Å². The highest BCUT2D eigenvalue weighted by atomic mass is 35.5. The first-order chi connectivity index (χ1) is 13.9. The zero-order valence-electron chi connectivity index (χ0n) is 16.1. The molecule has 156 valence electrons. The number of esters is 1. The zero-order valence-corrected chi connectivity index (χ0v) is 16.8. The second-order valence-corrected chi connectivity index (χ2v) is 7.17. The molecule has 0 saturated carbocycles. The number of ether oxygens (including phenoxy) is 2. The van der Waals surface area contributed by atoms with Crippen LogP contribution < -0.4 is 4.74 Å². The van der Waals surface area contributed by atoms with E-state index in [1.165, 1.54) is 6.07 Å². The Bertz CT molecular complexity index is 938. The van der Waals surface area contributed by atoms with Gasteiger partial charge in [-0.25, -0.2) is 13.8 Å². The molecule has 0 radical (unpaired) electrons.